The van der Waals surface area contributed by atoms with E-state index in [0.717, 1.165) is 77.0 Å². The molecule has 1 heterocycles. The number of ether oxygens (including phenoxy) is 18. The normalized spacial score (nSPS) is 14.3. The Morgan fingerprint density at radius 2 is 0.244 bits per heavy atom. The van der Waals surface area contributed by atoms with Crippen molar-refractivity contribution in [2.45, 2.75) is 119 Å². The molecule has 0 N–H and O–H groups in total. The number of hydrogen-bond acceptors (Lipinski definition) is 27. The lowest BCUT2D eigenvalue weighted by Crippen LogP contribution is -2.16. The van der Waals surface area contributed by atoms with Gasteiger partial charge >= 0.3 is 23.0 Å². The van der Waals surface area contributed by atoms with Gasteiger partial charge in [-0.3, -0.25) is 0 Å². The molecule has 0 fully saturated rings. The first-order valence-corrected chi connectivity index (χ1v) is 38.3. The molecule has 0 unspecified atom stereocenters. The molecule has 0 aliphatic carbocycles. The Hall–Kier alpha value is -0.270. The van der Waals surface area contributed by atoms with Gasteiger partial charge in [-0.1, -0.05) is 80.1 Å². The van der Waals surface area contributed by atoms with E-state index in [-0.39, 0.29) is 79.3 Å². The van der Waals surface area contributed by atoms with E-state index in [1.54, 1.807) is 0 Å². The van der Waals surface area contributed by atoms with Crippen LogP contribution in [0.4, 0.5) is 0 Å². The third kappa shape index (κ3) is 56.9. The summed E-state index contributed by atoms with van der Waals surface area (Å²) in [6.45, 7) is 27.3. The van der Waals surface area contributed by atoms with Crippen molar-refractivity contribution in [3.8, 4) is 0 Å². The number of rotatable bonds is 78. The van der Waals surface area contributed by atoms with Crippen LogP contribution >= 0.6 is 23.0 Å². The molecule has 0 saturated carbocycles. The average molecular weight is 1370 g/mol. The van der Waals surface area contributed by atoms with Crippen molar-refractivity contribution in [1.82, 2.24) is 0 Å². The molecule has 0 aromatic rings. The van der Waals surface area contributed by atoms with Gasteiger partial charge in [0.1, 0.15) is 0 Å². The second kappa shape index (κ2) is 70.1. The zero-order chi connectivity index (χ0) is 64.8. The van der Waals surface area contributed by atoms with Crippen LogP contribution in [-0.2, 0) is 112 Å². The molecule has 0 bridgehead atoms. The summed E-state index contributed by atoms with van der Waals surface area (Å²) in [4.78, 5) is 0. The van der Waals surface area contributed by atoms with Gasteiger partial charge in [0.25, 0.3) is 0 Å². The van der Waals surface area contributed by atoms with E-state index in [1.165, 1.54) is 0 Å². The smallest absolute Gasteiger partial charge is 0.349 e. The molecule has 1 rings (SSSR count). The van der Waals surface area contributed by atoms with Crippen molar-refractivity contribution >= 4 is 23.0 Å². The van der Waals surface area contributed by atoms with E-state index in [1.807, 2.05) is 0 Å². The van der Waals surface area contributed by atoms with Crippen LogP contribution in [0.2, 0.25) is 0 Å². The van der Waals surface area contributed by atoms with Gasteiger partial charge in [-0.15, -0.1) is 13.5 Å². The first kappa shape index (κ1) is 87.7. The minimum Gasteiger partial charge on any atom is -0.379 e. The zero-order valence-corrected chi connectivity index (χ0v) is 59.3. The predicted octanol–water partition coefficient (Wildman–Crippen LogP) is 11.0. The molecule has 1 aliphatic heterocycles. The quantitative estimate of drug-likeness (QED) is 0.0405. The van der Waals surface area contributed by atoms with E-state index < -0.39 is 23.0 Å². The second-order valence-corrected chi connectivity index (χ2v) is 26.5. The highest BCUT2D eigenvalue weighted by Crippen LogP contribution is 2.80. The standard InChI is InChI=1S/C60H126N3O24P3/c1-7-13-19-64-25-31-70-37-43-76-49-55-82-88(83-56-50-77-44-38-71-32-26-65-20-14-8-2)61-89(84-57-51-78-45-39-72-33-27-66-21-15-9-3,85-58-52-79-46-40-73-34-28-67-22-16-10-4)63-90(62-88,86-59-53-80-47-41-74-35-29-68-23-17-11-5)87-60-54-81-48-42-75-36-30-69-24-18-12-6/h7-60H2,1-6H3. The van der Waals surface area contributed by atoms with Crippen molar-refractivity contribution in [1.29, 1.82) is 0 Å². The van der Waals surface area contributed by atoms with Gasteiger partial charge in [0.2, 0.25) is 0 Å². The maximum atomic E-state index is 6.74. The molecule has 1 aliphatic rings. The number of unbranched alkanes of at least 4 members (excludes halogenated alkanes) is 6. The van der Waals surface area contributed by atoms with Crippen molar-refractivity contribution in [2.75, 3.05) is 277 Å². The molecular formula is C60H126N3O24P3. The molecule has 0 radical (unpaired) electrons. The molecule has 27 nitrogen and oxygen atoms in total. The number of hydrogen-bond donors (Lipinski definition) is 0. The SMILES string of the molecule is CCCCOCCOCCOCCOP1(OCCOCCOCCOCCCC)=NP(OCCOCCOCCOCCCC)(OCCOCCOCCOCCCC)=NP(OCCOCCOCCOCCCC)(OCCOCCOCCOCCCC)=N1. The summed E-state index contributed by atoms with van der Waals surface area (Å²) in [5.74, 6) is 0. The van der Waals surface area contributed by atoms with Gasteiger partial charge in [0.05, 0.1) is 238 Å². The lowest BCUT2D eigenvalue weighted by Gasteiger charge is -2.33. The zero-order valence-electron chi connectivity index (χ0n) is 56.7. The minimum absolute atomic E-state index is 0.0189. The topological polar surface area (TPSA) is 259 Å². The molecule has 0 aromatic heterocycles. The fourth-order valence-electron chi connectivity index (χ4n) is 6.92. The molecule has 0 amide bonds. The van der Waals surface area contributed by atoms with Crippen LogP contribution < -0.4 is 0 Å². The van der Waals surface area contributed by atoms with Crippen LogP contribution in [0.1, 0.15) is 119 Å². The molecule has 30 heteroatoms. The van der Waals surface area contributed by atoms with Gasteiger partial charge < -0.3 is 112 Å². The van der Waals surface area contributed by atoms with Crippen LogP contribution in [0.5, 0.6) is 0 Å². The maximum Gasteiger partial charge on any atom is 0.349 e. The van der Waals surface area contributed by atoms with Gasteiger partial charge in [0, 0.05) is 39.6 Å². The number of nitrogens with zero attached hydrogens (tertiary/aromatic N) is 3. The molecule has 90 heavy (non-hydrogen) atoms. The monoisotopic (exact) mass is 1370 g/mol. The highest BCUT2D eigenvalue weighted by molar-refractivity contribution is 7.78. The van der Waals surface area contributed by atoms with E-state index in [0.29, 0.717) is 198 Å². The van der Waals surface area contributed by atoms with Crippen LogP contribution in [-0.4, -0.2) is 277 Å². The Bertz CT molecular complexity index is 1350. The summed E-state index contributed by atoms with van der Waals surface area (Å²) < 4.78 is 160. The van der Waals surface area contributed by atoms with E-state index >= 15 is 0 Å². The van der Waals surface area contributed by atoms with E-state index in [2.05, 4.69) is 41.5 Å². The summed E-state index contributed by atoms with van der Waals surface area (Å²) in [5.41, 5.74) is 0. The Labute approximate surface area is 543 Å². The van der Waals surface area contributed by atoms with Crippen LogP contribution in [0.3, 0.4) is 0 Å². The maximum absolute atomic E-state index is 6.74. The summed E-state index contributed by atoms with van der Waals surface area (Å²) in [6.07, 6.45) is 12.4. The first-order valence-electron chi connectivity index (χ1n) is 33.7. The molecule has 540 valence electrons. The second-order valence-electron chi connectivity index (χ2n) is 19.9. The predicted molar refractivity (Wildman–Crippen MR) is 348 cm³/mol. The van der Waals surface area contributed by atoms with Crippen LogP contribution in [0.15, 0.2) is 13.5 Å². The fraction of sp³-hybridized carbons (Fsp3) is 1.00. The van der Waals surface area contributed by atoms with E-state index in [9.17, 15) is 0 Å². The molecular weight excluding hydrogens is 1240 g/mol. The van der Waals surface area contributed by atoms with Crippen molar-refractivity contribution in [3.63, 3.8) is 0 Å². The third-order valence-electron chi connectivity index (χ3n) is 11.9. The Morgan fingerprint density at radius 1 is 0.144 bits per heavy atom. The third-order valence-corrected chi connectivity index (χ3v) is 20.5. The molecule has 0 saturated heterocycles. The van der Waals surface area contributed by atoms with Gasteiger partial charge in [-0.2, -0.15) is 0 Å². The largest absolute Gasteiger partial charge is 0.379 e. The van der Waals surface area contributed by atoms with Gasteiger partial charge in [-0.05, 0) is 38.5 Å². The van der Waals surface area contributed by atoms with E-state index in [4.69, 9.17) is 126 Å². The highest BCUT2D eigenvalue weighted by atomic mass is 31.3. The average Bonchev–Trinajstić information content (AvgIpc) is 0.758. The highest BCUT2D eigenvalue weighted by Gasteiger charge is 2.43. The summed E-state index contributed by atoms with van der Waals surface area (Å²) in [7, 11) is -11.8. The Morgan fingerprint density at radius 3 is 0.356 bits per heavy atom. The Balaban J connectivity index is 3.70. The van der Waals surface area contributed by atoms with Crippen molar-refractivity contribution in [3.05, 3.63) is 0 Å². The summed E-state index contributed by atoms with van der Waals surface area (Å²) in [6, 6.07) is 0. The van der Waals surface area contributed by atoms with Crippen LogP contribution in [0.25, 0.3) is 0 Å². The molecule has 0 spiro atoms. The lowest BCUT2D eigenvalue weighted by atomic mass is 10.4. The van der Waals surface area contributed by atoms with Gasteiger partial charge in [0.15, 0.2) is 0 Å². The first-order chi connectivity index (χ1) is 44.5. The van der Waals surface area contributed by atoms with Gasteiger partial charge in [-0.25, -0.2) is 0 Å². The minimum atomic E-state index is -3.92. The Kier molecular flexibility index (Phi) is 68.3. The lowest BCUT2D eigenvalue weighted by molar-refractivity contribution is 0.00407. The van der Waals surface area contributed by atoms with Crippen LogP contribution in [0, 0.1) is 0 Å². The summed E-state index contributed by atoms with van der Waals surface area (Å²) >= 11 is 0. The van der Waals surface area contributed by atoms with Crippen molar-refractivity contribution < 1.29 is 112 Å². The fourth-order valence-corrected chi connectivity index (χ4v) is 16.3. The summed E-state index contributed by atoms with van der Waals surface area (Å²) in [5, 5.41) is 0. The molecule has 0 atom stereocenters. The van der Waals surface area contributed by atoms with Crippen molar-refractivity contribution in [2.24, 2.45) is 13.5 Å². The molecule has 0 aromatic carbocycles.